The second-order valence-corrected chi connectivity index (χ2v) is 4.79. The van der Waals surface area contributed by atoms with Crippen LogP contribution in [0.3, 0.4) is 0 Å². The minimum absolute atomic E-state index is 0.287. The summed E-state index contributed by atoms with van der Waals surface area (Å²) >= 11 is 1.75. The standard InChI is InChI=1S/C12H16N2S/c13-12-6-2-1-4-10(14-12)7-8-11-5-3-9-15-11/h3,5,7-10H,1-2,4,6H2,(H2,13,14). The van der Waals surface area contributed by atoms with Gasteiger partial charge in [0.25, 0.3) is 0 Å². The van der Waals surface area contributed by atoms with Gasteiger partial charge in [0, 0.05) is 11.3 Å². The molecule has 2 nitrogen and oxygen atoms in total. The lowest BCUT2D eigenvalue weighted by Crippen LogP contribution is -2.12. The predicted octanol–water partition coefficient (Wildman–Crippen LogP) is 3.06. The summed E-state index contributed by atoms with van der Waals surface area (Å²) in [5.74, 6) is 0.813. The summed E-state index contributed by atoms with van der Waals surface area (Å²) < 4.78 is 0. The second kappa shape index (κ2) is 5.12. The van der Waals surface area contributed by atoms with Crippen molar-refractivity contribution in [1.29, 1.82) is 0 Å². The highest BCUT2D eigenvalue weighted by Gasteiger charge is 2.08. The van der Waals surface area contributed by atoms with E-state index in [1.54, 1.807) is 11.3 Å². The van der Waals surface area contributed by atoms with Gasteiger partial charge >= 0.3 is 0 Å². The molecule has 0 saturated carbocycles. The Balaban J connectivity index is 2.01. The average Bonchev–Trinajstić information content (AvgIpc) is 2.65. The van der Waals surface area contributed by atoms with E-state index in [1.165, 1.54) is 17.7 Å². The van der Waals surface area contributed by atoms with E-state index in [4.69, 9.17) is 5.73 Å². The third kappa shape index (κ3) is 3.20. The summed E-state index contributed by atoms with van der Waals surface area (Å²) in [5, 5.41) is 2.09. The molecule has 1 aliphatic heterocycles. The molecule has 1 aliphatic rings. The van der Waals surface area contributed by atoms with E-state index in [1.807, 2.05) is 0 Å². The van der Waals surface area contributed by atoms with Crippen LogP contribution in [0.1, 0.15) is 30.6 Å². The smallest absolute Gasteiger partial charge is 0.0944 e. The van der Waals surface area contributed by atoms with Crippen molar-refractivity contribution in [2.24, 2.45) is 10.7 Å². The van der Waals surface area contributed by atoms with Crippen LogP contribution in [0.15, 0.2) is 28.6 Å². The van der Waals surface area contributed by atoms with Crippen molar-refractivity contribution >= 4 is 23.2 Å². The Hall–Kier alpha value is -1.09. The lowest BCUT2D eigenvalue weighted by Gasteiger charge is -2.03. The number of thiophene rings is 1. The normalized spacial score (nSPS) is 22.7. The zero-order valence-electron chi connectivity index (χ0n) is 8.73. The molecule has 0 spiro atoms. The average molecular weight is 220 g/mol. The van der Waals surface area contributed by atoms with E-state index < -0.39 is 0 Å². The molecule has 0 amide bonds. The first-order valence-electron chi connectivity index (χ1n) is 5.38. The minimum Gasteiger partial charge on any atom is -0.387 e. The maximum atomic E-state index is 5.79. The first kappa shape index (κ1) is 10.4. The Bertz CT molecular complexity index is 352. The lowest BCUT2D eigenvalue weighted by molar-refractivity contribution is 0.669. The highest BCUT2D eigenvalue weighted by atomic mass is 32.1. The Morgan fingerprint density at radius 3 is 3.20 bits per heavy atom. The topological polar surface area (TPSA) is 38.4 Å². The summed E-state index contributed by atoms with van der Waals surface area (Å²) in [4.78, 5) is 5.77. The van der Waals surface area contributed by atoms with Crippen molar-refractivity contribution < 1.29 is 0 Å². The number of hydrogen-bond acceptors (Lipinski definition) is 3. The number of hydrogen-bond donors (Lipinski definition) is 1. The lowest BCUT2D eigenvalue weighted by atomic mass is 10.1. The monoisotopic (exact) mass is 220 g/mol. The molecule has 3 heteroatoms. The van der Waals surface area contributed by atoms with Gasteiger partial charge in [-0.05, 0) is 30.4 Å². The molecule has 1 unspecified atom stereocenters. The van der Waals surface area contributed by atoms with Crippen LogP contribution in [0.2, 0.25) is 0 Å². The minimum atomic E-state index is 0.287. The zero-order valence-corrected chi connectivity index (χ0v) is 9.54. The largest absolute Gasteiger partial charge is 0.387 e. The van der Waals surface area contributed by atoms with Crippen LogP contribution in [0.25, 0.3) is 6.08 Å². The van der Waals surface area contributed by atoms with Gasteiger partial charge in [0.15, 0.2) is 0 Å². The van der Waals surface area contributed by atoms with Crippen LogP contribution < -0.4 is 5.73 Å². The fourth-order valence-corrected chi connectivity index (χ4v) is 2.36. The molecular weight excluding hydrogens is 204 g/mol. The molecule has 1 aromatic rings. The molecule has 0 saturated heterocycles. The fraction of sp³-hybridized carbons (Fsp3) is 0.417. The van der Waals surface area contributed by atoms with Crippen molar-refractivity contribution in [1.82, 2.24) is 0 Å². The maximum absolute atomic E-state index is 5.79. The first-order valence-corrected chi connectivity index (χ1v) is 6.26. The van der Waals surface area contributed by atoms with Crippen LogP contribution in [-0.2, 0) is 0 Å². The van der Waals surface area contributed by atoms with Gasteiger partial charge in [-0.3, -0.25) is 4.99 Å². The van der Waals surface area contributed by atoms with Crippen molar-refractivity contribution in [3.63, 3.8) is 0 Å². The molecule has 2 heterocycles. The third-order valence-electron chi connectivity index (χ3n) is 2.54. The predicted molar refractivity (Wildman–Crippen MR) is 67.2 cm³/mol. The van der Waals surface area contributed by atoms with Gasteiger partial charge in [-0.15, -0.1) is 11.3 Å². The van der Waals surface area contributed by atoms with Gasteiger partial charge in [-0.25, -0.2) is 0 Å². The molecule has 2 N–H and O–H groups in total. The number of nitrogens with two attached hydrogens (primary N) is 1. The van der Waals surface area contributed by atoms with Crippen molar-refractivity contribution in [3.8, 4) is 0 Å². The number of nitrogens with zero attached hydrogens (tertiary/aromatic N) is 1. The van der Waals surface area contributed by atoms with E-state index in [2.05, 4.69) is 34.7 Å². The second-order valence-electron chi connectivity index (χ2n) is 3.81. The number of amidine groups is 1. The number of aliphatic imine (C=N–C) groups is 1. The van der Waals surface area contributed by atoms with Crippen molar-refractivity contribution in [2.75, 3.05) is 0 Å². The molecule has 2 rings (SSSR count). The molecule has 0 bridgehead atoms. The van der Waals surface area contributed by atoms with Gasteiger partial charge in [0.05, 0.1) is 11.9 Å². The summed E-state index contributed by atoms with van der Waals surface area (Å²) in [6.45, 7) is 0. The quantitative estimate of drug-likeness (QED) is 0.817. The van der Waals surface area contributed by atoms with E-state index in [-0.39, 0.29) is 6.04 Å². The SMILES string of the molecule is NC1=NC(C=Cc2cccs2)CCCC1. The third-order valence-corrected chi connectivity index (χ3v) is 3.38. The van der Waals surface area contributed by atoms with E-state index in [0.717, 1.165) is 18.7 Å². The molecule has 0 aliphatic carbocycles. The van der Waals surface area contributed by atoms with Gasteiger partial charge in [0.2, 0.25) is 0 Å². The Labute approximate surface area is 94.5 Å². The van der Waals surface area contributed by atoms with Gasteiger partial charge in [-0.2, -0.15) is 0 Å². The summed E-state index contributed by atoms with van der Waals surface area (Å²) in [5.41, 5.74) is 5.79. The fourth-order valence-electron chi connectivity index (χ4n) is 1.73. The summed E-state index contributed by atoms with van der Waals surface area (Å²) in [7, 11) is 0. The van der Waals surface area contributed by atoms with Crippen LogP contribution in [0.4, 0.5) is 0 Å². The van der Waals surface area contributed by atoms with Gasteiger partial charge in [0.1, 0.15) is 0 Å². The van der Waals surface area contributed by atoms with Crippen molar-refractivity contribution in [3.05, 3.63) is 28.5 Å². The van der Waals surface area contributed by atoms with E-state index in [0.29, 0.717) is 0 Å². The Morgan fingerprint density at radius 2 is 2.40 bits per heavy atom. The van der Waals surface area contributed by atoms with Crippen LogP contribution in [0, 0.1) is 0 Å². The zero-order chi connectivity index (χ0) is 10.5. The maximum Gasteiger partial charge on any atom is 0.0944 e. The summed E-state index contributed by atoms with van der Waals surface area (Å²) in [6, 6.07) is 4.47. The van der Waals surface area contributed by atoms with E-state index >= 15 is 0 Å². The van der Waals surface area contributed by atoms with Crippen LogP contribution >= 0.6 is 11.3 Å². The van der Waals surface area contributed by atoms with Gasteiger partial charge in [-0.1, -0.05) is 18.6 Å². The van der Waals surface area contributed by atoms with E-state index in [9.17, 15) is 0 Å². The summed E-state index contributed by atoms with van der Waals surface area (Å²) in [6.07, 6.45) is 8.82. The number of rotatable bonds is 2. The first-order chi connectivity index (χ1) is 7.34. The van der Waals surface area contributed by atoms with Crippen LogP contribution in [-0.4, -0.2) is 11.9 Å². The highest BCUT2D eigenvalue weighted by Crippen LogP contribution is 2.16. The Morgan fingerprint density at radius 1 is 1.47 bits per heavy atom. The highest BCUT2D eigenvalue weighted by molar-refractivity contribution is 7.10. The Kier molecular flexibility index (Phi) is 3.56. The van der Waals surface area contributed by atoms with Crippen LogP contribution in [0.5, 0.6) is 0 Å². The molecule has 0 radical (unpaired) electrons. The molecule has 0 fully saturated rings. The van der Waals surface area contributed by atoms with Crippen molar-refractivity contribution in [2.45, 2.75) is 31.7 Å². The van der Waals surface area contributed by atoms with Gasteiger partial charge < -0.3 is 5.73 Å². The molecule has 0 aromatic carbocycles. The molecule has 80 valence electrons. The molecule has 1 atom stereocenters. The molecule has 15 heavy (non-hydrogen) atoms. The molecule has 1 aromatic heterocycles. The molecular formula is C12H16N2S.